The maximum Gasteiger partial charge on any atom is 0.173 e. The van der Waals surface area contributed by atoms with Crippen LogP contribution in [-0.2, 0) is 0 Å². The standard InChI is InChI=1S/C20H14BrIO/c21-13-20(23)17-9-10-19(22)18(12-17)16-8-4-7-15(11-16)14-5-2-1-3-6-14/h1-12H,13H2. The molecule has 3 aromatic carbocycles. The van der Waals surface area contributed by atoms with E-state index in [1.807, 2.05) is 36.4 Å². The van der Waals surface area contributed by atoms with Crippen LogP contribution in [0.3, 0.4) is 0 Å². The smallest absolute Gasteiger partial charge is 0.173 e. The summed E-state index contributed by atoms with van der Waals surface area (Å²) in [5, 5.41) is 0.344. The molecule has 0 saturated heterocycles. The Morgan fingerprint density at radius 1 is 0.826 bits per heavy atom. The summed E-state index contributed by atoms with van der Waals surface area (Å²) in [5.74, 6) is 0.0989. The summed E-state index contributed by atoms with van der Waals surface area (Å²) in [5.41, 5.74) is 5.32. The van der Waals surface area contributed by atoms with Gasteiger partial charge in [-0.2, -0.15) is 0 Å². The van der Waals surface area contributed by atoms with Gasteiger partial charge in [0.15, 0.2) is 5.78 Å². The molecule has 0 saturated carbocycles. The molecule has 0 aliphatic carbocycles. The molecule has 0 unspecified atom stereocenters. The first kappa shape index (κ1) is 16.4. The van der Waals surface area contributed by atoms with Crippen LogP contribution in [0.25, 0.3) is 22.3 Å². The molecule has 3 aromatic rings. The number of hydrogen-bond donors (Lipinski definition) is 0. The summed E-state index contributed by atoms with van der Waals surface area (Å²) in [6, 6.07) is 24.6. The predicted octanol–water partition coefficient (Wildman–Crippen LogP) is 6.20. The normalized spacial score (nSPS) is 10.5. The number of ketones is 1. The molecular formula is C20H14BrIO. The molecule has 0 atom stereocenters. The Morgan fingerprint density at radius 3 is 2.26 bits per heavy atom. The molecule has 0 aliphatic heterocycles. The highest BCUT2D eigenvalue weighted by molar-refractivity contribution is 14.1. The Morgan fingerprint density at radius 2 is 1.52 bits per heavy atom. The van der Waals surface area contributed by atoms with E-state index in [2.05, 4.69) is 74.9 Å². The maximum atomic E-state index is 11.9. The van der Waals surface area contributed by atoms with Gasteiger partial charge in [-0.15, -0.1) is 0 Å². The van der Waals surface area contributed by atoms with E-state index in [1.54, 1.807) is 0 Å². The van der Waals surface area contributed by atoms with Gasteiger partial charge in [0.2, 0.25) is 0 Å². The molecule has 0 N–H and O–H groups in total. The van der Waals surface area contributed by atoms with Crippen molar-refractivity contribution < 1.29 is 4.79 Å². The summed E-state index contributed by atoms with van der Waals surface area (Å²) >= 11 is 5.56. The number of carbonyl (C=O) groups is 1. The second-order valence-corrected chi connectivity index (χ2v) is 6.92. The molecular weight excluding hydrogens is 463 g/mol. The fraction of sp³-hybridized carbons (Fsp3) is 0.0500. The maximum absolute atomic E-state index is 11.9. The minimum atomic E-state index is 0.0989. The number of rotatable bonds is 4. The third kappa shape index (κ3) is 3.72. The Bertz CT molecular complexity index is 843. The van der Waals surface area contributed by atoms with Crippen LogP contribution in [0.5, 0.6) is 0 Å². The van der Waals surface area contributed by atoms with Crippen molar-refractivity contribution in [2.75, 3.05) is 5.33 Å². The van der Waals surface area contributed by atoms with Crippen molar-refractivity contribution in [1.29, 1.82) is 0 Å². The number of alkyl halides is 1. The van der Waals surface area contributed by atoms with Crippen LogP contribution in [0.4, 0.5) is 0 Å². The third-order valence-corrected chi connectivity index (χ3v) is 5.14. The van der Waals surface area contributed by atoms with Crippen LogP contribution in [0.2, 0.25) is 0 Å². The van der Waals surface area contributed by atoms with Crippen LogP contribution in [0.1, 0.15) is 10.4 Å². The van der Waals surface area contributed by atoms with E-state index in [4.69, 9.17) is 0 Å². The number of carbonyl (C=O) groups excluding carboxylic acids is 1. The highest BCUT2D eigenvalue weighted by atomic mass is 127. The first-order chi connectivity index (χ1) is 11.2. The molecule has 0 aromatic heterocycles. The molecule has 0 aliphatic rings. The zero-order valence-electron chi connectivity index (χ0n) is 12.3. The lowest BCUT2D eigenvalue weighted by atomic mass is 9.97. The first-order valence-corrected chi connectivity index (χ1v) is 9.43. The number of Topliss-reactive ketones (excluding diaryl/α,β-unsaturated/α-hetero) is 1. The van der Waals surface area contributed by atoms with Crippen molar-refractivity contribution in [3.63, 3.8) is 0 Å². The van der Waals surface area contributed by atoms with E-state index < -0.39 is 0 Å². The Kier molecular flexibility index (Phi) is 5.28. The molecule has 0 bridgehead atoms. The van der Waals surface area contributed by atoms with Crippen molar-refractivity contribution in [2.45, 2.75) is 0 Å². The topological polar surface area (TPSA) is 17.1 Å². The first-order valence-electron chi connectivity index (χ1n) is 7.23. The van der Waals surface area contributed by atoms with Crippen molar-refractivity contribution in [3.8, 4) is 22.3 Å². The summed E-state index contributed by atoms with van der Waals surface area (Å²) in [7, 11) is 0. The van der Waals surface area contributed by atoms with Crippen LogP contribution >= 0.6 is 38.5 Å². The van der Waals surface area contributed by atoms with Crippen molar-refractivity contribution in [2.24, 2.45) is 0 Å². The molecule has 3 heteroatoms. The summed E-state index contributed by atoms with van der Waals surface area (Å²) < 4.78 is 1.14. The largest absolute Gasteiger partial charge is 0.293 e. The van der Waals surface area contributed by atoms with Crippen LogP contribution in [-0.4, -0.2) is 11.1 Å². The minimum Gasteiger partial charge on any atom is -0.293 e. The van der Waals surface area contributed by atoms with E-state index in [0.717, 1.165) is 20.3 Å². The Hall–Kier alpha value is -1.46. The SMILES string of the molecule is O=C(CBr)c1ccc(I)c(-c2cccc(-c3ccccc3)c2)c1. The Balaban J connectivity index is 2.07. The highest BCUT2D eigenvalue weighted by Gasteiger charge is 2.10. The fourth-order valence-corrected chi connectivity index (χ4v) is 3.46. The second kappa shape index (κ2) is 7.41. The van der Waals surface area contributed by atoms with Gasteiger partial charge in [-0.25, -0.2) is 0 Å². The average Bonchev–Trinajstić information content (AvgIpc) is 2.62. The number of benzene rings is 3. The van der Waals surface area contributed by atoms with Crippen LogP contribution in [0.15, 0.2) is 72.8 Å². The zero-order valence-corrected chi connectivity index (χ0v) is 16.0. The van der Waals surface area contributed by atoms with Gasteiger partial charge in [0, 0.05) is 9.13 Å². The number of hydrogen-bond acceptors (Lipinski definition) is 1. The van der Waals surface area contributed by atoms with Gasteiger partial charge in [0.25, 0.3) is 0 Å². The molecule has 0 fully saturated rings. The molecule has 23 heavy (non-hydrogen) atoms. The molecule has 1 nitrogen and oxygen atoms in total. The van der Waals surface area contributed by atoms with Gasteiger partial charge in [-0.1, -0.05) is 70.5 Å². The molecule has 0 heterocycles. The fourth-order valence-electron chi connectivity index (χ4n) is 2.49. The predicted molar refractivity (Wildman–Crippen MR) is 108 cm³/mol. The van der Waals surface area contributed by atoms with Crippen LogP contribution < -0.4 is 0 Å². The van der Waals surface area contributed by atoms with Crippen molar-refractivity contribution in [3.05, 3.63) is 81.9 Å². The third-order valence-electron chi connectivity index (χ3n) is 3.69. The molecule has 114 valence electrons. The van der Waals surface area contributed by atoms with Gasteiger partial charge < -0.3 is 0 Å². The minimum absolute atomic E-state index is 0.0989. The van der Waals surface area contributed by atoms with Crippen molar-refractivity contribution >= 4 is 44.3 Å². The van der Waals surface area contributed by atoms with E-state index in [9.17, 15) is 4.79 Å². The van der Waals surface area contributed by atoms with Gasteiger partial charge in [-0.05, 0) is 63.0 Å². The summed E-state index contributed by atoms with van der Waals surface area (Å²) in [4.78, 5) is 11.9. The van der Waals surface area contributed by atoms with Gasteiger partial charge in [0.05, 0.1) is 5.33 Å². The molecule has 0 amide bonds. The van der Waals surface area contributed by atoms with Gasteiger partial charge >= 0.3 is 0 Å². The highest BCUT2D eigenvalue weighted by Crippen LogP contribution is 2.30. The monoisotopic (exact) mass is 476 g/mol. The quantitative estimate of drug-likeness (QED) is 0.249. The second-order valence-electron chi connectivity index (χ2n) is 5.20. The molecule has 3 rings (SSSR count). The zero-order chi connectivity index (χ0) is 16.2. The van der Waals surface area contributed by atoms with E-state index in [0.29, 0.717) is 5.33 Å². The van der Waals surface area contributed by atoms with E-state index >= 15 is 0 Å². The van der Waals surface area contributed by atoms with Crippen LogP contribution in [0, 0.1) is 3.57 Å². The average molecular weight is 477 g/mol. The Labute approximate surface area is 158 Å². The van der Waals surface area contributed by atoms with Gasteiger partial charge in [0.1, 0.15) is 0 Å². The van der Waals surface area contributed by atoms with Gasteiger partial charge in [-0.3, -0.25) is 4.79 Å². The summed E-state index contributed by atoms with van der Waals surface area (Å²) in [6.07, 6.45) is 0. The molecule has 0 radical (unpaired) electrons. The molecule has 0 spiro atoms. The lowest BCUT2D eigenvalue weighted by Crippen LogP contribution is -2.00. The van der Waals surface area contributed by atoms with E-state index in [-0.39, 0.29) is 5.78 Å². The van der Waals surface area contributed by atoms with Crippen molar-refractivity contribution in [1.82, 2.24) is 0 Å². The lowest BCUT2D eigenvalue weighted by molar-refractivity contribution is 0.102. The summed E-state index contributed by atoms with van der Waals surface area (Å²) in [6.45, 7) is 0. The van der Waals surface area contributed by atoms with E-state index in [1.165, 1.54) is 11.1 Å². The number of halogens is 2. The lowest BCUT2D eigenvalue weighted by Gasteiger charge is -2.09.